The summed E-state index contributed by atoms with van der Waals surface area (Å²) in [6.07, 6.45) is 10.2. The fraction of sp³-hybridized carbons (Fsp3) is 0.222. The van der Waals surface area contributed by atoms with Crippen molar-refractivity contribution in [2.45, 2.75) is 13.8 Å². The van der Waals surface area contributed by atoms with Crippen LogP contribution in [0.1, 0.15) is 13.8 Å². The normalized spacial score (nSPS) is 8.11. The number of rotatable bonds is 1. The van der Waals surface area contributed by atoms with Gasteiger partial charge in [0.1, 0.15) is 0 Å². The minimum Gasteiger partial charge on any atom is -0.122 e. The third kappa shape index (κ3) is 6.82. The van der Waals surface area contributed by atoms with Gasteiger partial charge in [0.2, 0.25) is 0 Å². The quantitative estimate of drug-likeness (QED) is 0.281. The third-order valence-corrected chi connectivity index (χ3v) is 0.661. The van der Waals surface area contributed by atoms with Crippen molar-refractivity contribution in [1.82, 2.24) is 0 Å². The van der Waals surface area contributed by atoms with Crippen molar-refractivity contribution in [2.24, 2.45) is 0 Å². The molecule has 9 heavy (non-hydrogen) atoms. The van der Waals surface area contributed by atoms with Crippen LogP contribution in [0.5, 0.6) is 0 Å². The highest BCUT2D eigenvalue weighted by Gasteiger charge is 1.63. The number of hydrogen-bond donors (Lipinski definition) is 0. The molecule has 0 amide bonds. The molecule has 0 N–H and O–H groups in total. The summed E-state index contributed by atoms with van der Waals surface area (Å²) in [6.45, 7) is 3.97. The van der Waals surface area contributed by atoms with Crippen molar-refractivity contribution >= 4 is 0 Å². The Morgan fingerprint density at radius 3 is 2.56 bits per heavy atom. The molecule has 0 atom stereocenters. The van der Waals surface area contributed by atoms with Crippen molar-refractivity contribution < 1.29 is 0 Å². The second kappa shape index (κ2) is 4.97. The average Bonchev–Trinajstić information content (AvgIpc) is 1.80. The second-order valence-corrected chi connectivity index (χ2v) is 1.84. The van der Waals surface area contributed by atoms with Gasteiger partial charge in [0.25, 0.3) is 0 Å². The zero-order valence-electron chi connectivity index (χ0n) is 5.81. The van der Waals surface area contributed by atoms with E-state index in [9.17, 15) is 0 Å². The second-order valence-electron chi connectivity index (χ2n) is 1.84. The van der Waals surface area contributed by atoms with Gasteiger partial charge >= 0.3 is 0 Å². The number of allylic oxidation sites excluding steroid dienone is 3. The molecule has 0 heteroatoms. The van der Waals surface area contributed by atoms with E-state index in [-0.39, 0.29) is 0 Å². The van der Waals surface area contributed by atoms with E-state index in [1.54, 1.807) is 18.2 Å². The van der Waals surface area contributed by atoms with E-state index in [1.165, 1.54) is 0 Å². The van der Waals surface area contributed by atoms with Gasteiger partial charge in [0.15, 0.2) is 0 Å². The lowest BCUT2D eigenvalue weighted by atomic mass is 10.3. The highest BCUT2D eigenvalue weighted by Crippen LogP contribution is 1.82. The van der Waals surface area contributed by atoms with Crippen LogP contribution in [0.2, 0.25) is 0 Å². The molecule has 0 saturated heterocycles. The van der Waals surface area contributed by atoms with E-state index in [1.807, 2.05) is 13.8 Å². The average molecular weight is 118 g/mol. The van der Waals surface area contributed by atoms with Crippen molar-refractivity contribution in [1.29, 1.82) is 0 Å². The van der Waals surface area contributed by atoms with Gasteiger partial charge in [-0.1, -0.05) is 5.92 Å². The molecule has 0 unspecified atom stereocenters. The van der Waals surface area contributed by atoms with Gasteiger partial charge < -0.3 is 0 Å². The van der Waals surface area contributed by atoms with Gasteiger partial charge in [0.05, 0.1) is 0 Å². The summed E-state index contributed by atoms with van der Waals surface area (Å²) >= 11 is 0. The maximum Gasteiger partial charge on any atom is -0.0115 e. The Balaban J connectivity index is 3.92. The maximum atomic E-state index is 4.95. The number of hydrogen-bond acceptors (Lipinski definition) is 0. The monoisotopic (exact) mass is 118 g/mol. The molecule has 0 aliphatic carbocycles. The van der Waals surface area contributed by atoms with Crippen molar-refractivity contribution in [3.05, 3.63) is 29.5 Å². The Hall–Kier alpha value is -1.18. The zero-order chi connectivity index (χ0) is 7.11. The first-order chi connectivity index (χ1) is 4.27. The van der Waals surface area contributed by atoms with Crippen LogP contribution in [-0.4, -0.2) is 0 Å². The van der Waals surface area contributed by atoms with Gasteiger partial charge in [-0.05, 0) is 37.6 Å². The number of terminal acetylenes is 1. The summed E-state index contributed by atoms with van der Waals surface area (Å²) in [5, 5.41) is 0. The molecular formula is C9H10. The van der Waals surface area contributed by atoms with E-state index >= 15 is 0 Å². The summed E-state index contributed by atoms with van der Waals surface area (Å²) in [7, 11) is 0. The zero-order valence-corrected chi connectivity index (χ0v) is 5.81. The van der Waals surface area contributed by atoms with Gasteiger partial charge in [-0.3, -0.25) is 0 Å². The van der Waals surface area contributed by atoms with Gasteiger partial charge in [0, 0.05) is 0 Å². The van der Waals surface area contributed by atoms with Crippen LogP contribution in [0.4, 0.5) is 0 Å². The molecule has 0 aromatic heterocycles. The Morgan fingerprint density at radius 1 is 1.44 bits per heavy atom. The predicted octanol–water partition coefficient (Wildman–Crippen LogP) is 2.30. The molecule has 0 nitrogen and oxygen atoms in total. The lowest BCUT2D eigenvalue weighted by Gasteiger charge is -1.72. The molecule has 0 fully saturated rings. The van der Waals surface area contributed by atoms with Crippen LogP contribution in [0.25, 0.3) is 0 Å². The highest BCUT2D eigenvalue weighted by atomic mass is 13.7. The molecule has 46 valence electrons. The van der Waals surface area contributed by atoms with Gasteiger partial charge in [-0.15, -0.1) is 12.2 Å². The van der Waals surface area contributed by atoms with Crippen LogP contribution < -0.4 is 0 Å². The van der Waals surface area contributed by atoms with Crippen LogP contribution in [0, 0.1) is 12.3 Å². The van der Waals surface area contributed by atoms with Gasteiger partial charge in [-0.25, -0.2) is 0 Å². The van der Waals surface area contributed by atoms with E-state index in [0.29, 0.717) is 0 Å². The van der Waals surface area contributed by atoms with Crippen molar-refractivity contribution in [2.75, 3.05) is 0 Å². The summed E-state index contributed by atoms with van der Waals surface area (Å²) in [4.78, 5) is 0. The molecule has 0 heterocycles. The third-order valence-electron chi connectivity index (χ3n) is 0.661. The molecule has 0 aliphatic heterocycles. The molecule has 0 rings (SSSR count). The smallest absolute Gasteiger partial charge is 0.0115 e. The fourth-order valence-corrected chi connectivity index (χ4v) is 0.318. The predicted molar refractivity (Wildman–Crippen MR) is 40.9 cm³/mol. The minimum absolute atomic E-state index is 1.15. The molecule has 0 saturated carbocycles. The maximum absolute atomic E-state index is 4.95. The van der Waals surface area contributed by atoms with Crippen molar-refractivity contribution in [3.63, 3.8) is 0 Å². The van der Waals surface area contributed by atoms with Crippen LogP contribution in [-0.2, 0) is 0 Å². The molecule has 0 aromatic rings. The molecule has 0 aliphatic rings. The molecular weight excluding hydrogens is 108 g/mol. The summed E-state index contributed by atoms with van der Waals surface area (Å²) in [5.74, 6) is 2.38. The van der Waals surface area contributed by atoms with E-state index in [0.717, 1.165) is 5.57 Å². The largest absolute Gasteiger partial charge is 0.122 e. The first-order valence-electron chi connectivity index (χ1n) is 2.78. The first kappa shape index (κ1) is 7.82. The topological polar surface area (TPSA) is 0 Å². The minimum atomic E-state index is 1.15. The van der Waals surface area contributed by atoms with Crippen LogP contribution in [0.3, 0.4) is 0 Å². The van der Waals surface area contributed by atoms with Gasteiger partial charge in [-0.2, -0.15) is 0 Å². The molecule has 0 radical (unpaired) electrons. The molecule has 0 spiro atoms. The Morgan fingerprint density at radius 2 is 2.11 bits per heavy atom. The highest BCUT2D eigenvalue weighted by molar-refractivity contribution is 5.16. The fourth-order valence-electron chi connectivity index (χ4n) is 0.318. The van der Waals surface area contributed by atoms with Crippen LogP contribution in [0.15, 0.2) is 29.5 Å². The summed E-state index contributed by atoms with van der Waals surface area (Å²) in [6, 6.07) is 0. The van der Waals surface area contributed by atoms with E-state index in [4.69, 9.17) is 6.42 Å². The SMILES string of the molecule is C#C/C=C\C=C=C(C)C. The first-order valence-corrected chi connectivity index (χ1v) is 2.78. The Kier molecular flexibility index (Phi) is 4.32. The van der Waals surface area contributed by atoms with E-state index in [2.05, 4.69) is 11.7 Å². The Labute approximate surface area is 56.6 Å². The summed E-state index contributed by atoms with van der Waals surface area (Å²) in [5.41, 5.74) is 4.14. The molecule has 0 bridgehead atoms. The standard InChI is InChI=1S/C9H10/c1-4-5-6-7-8-9(2)3/h1,5-7H,2-3H3/b6-5-. The lowest BCUT2D eigenvalue weighted by Crippen LogP contribution is -1.52. The van der Waals surface area contributed by atoms with Crippen molar-refractivity contribution in [3.8, 4) is 12.3 Å². The Bertz CT molecular complexity index is 189. The molecule has 0 aromatic carbocycles. The van der Waals surface area contributed by atoms with E-state index < -0.39 is 0 Å². The lowest BCUT2D eigenvalue weighted by molar-refractivity contribution is 1.41. The van der Waals surface area contributed by atoms with Crippen LogP contribution >= 0.6 is 0 Å². The summed E-state index contributed by atoms with van der Waals surface area (Å²) < 4.78 is 0.